The Morgan fingerprint density at radius 2 is 0.313 bits per heavy atom. The molecule has 0 aliphatic heterocycles. The monoisotopic (exact) mass is 1920 g/mol. The van der Waals surface area contributed by atoms with Crippen LogP contribution >= 0.6 is 0 Å². The molecule has 30 aromatic rings. The molecule has 0 aliphatic carbocycles. The lowest BCUT2D eigenvalue weighted by Crippen LogP contribution is -2.01. The molecule has 0 atom stereocenters. The van der Waals surface area contributed by atoms with Crippen LogP contribution in [0.4, 0.5) is 0 Å². The second-order valence-electron chi connectivity index (χ2n) is 37.6. The maximum absolute atomic E-state index is 5.15. The van der Waals surface area contributed by atoms with Gasteiger partial charge in [-0.3, -0.25) is 0 Å². The van der Waals surface area contributed by atoms with Gasteiger partial charge < -0.3 is 27.4 Å². The predicted octanol–water partition coefficient (Wildman–Crippen LogP) is 33.8. The van der Waals surface area contributed by atoms with Gasteiger partial charge in [0.25, 0.3) is 0 Å². The fraction of sp³-hybridized carbons (Fsp3) is 0. The summed E-state index contributed by atoms with van der Waals surface area (Å²) < 4.78 is 14.5. The van der Waals surface area contributed by atoms with E-state index >= 15 is 0 Å². The Morgan fingerprint density at radius 3 is 0.613 bits per heavy atom. The molecule has 30 rings (SSSR count). The third-order valence-electron chi connectivity index (χ3n) is 28.8. The van der Waals surface area contributed by atoms with Gasteiger partial charge in [-0.05, 0) is 121 Å². The zero-order valence-corrected chi connectivity index (χ0v) is 81.1. The van der Waals surface area contributed by atoms with Gasteiger partial charge in [0.1, 0.15) is 0 Å². The van der Waals surface area contributed by atoms with Gasteiger partial charge >= 0.3 is 0 Å². The summed E-state index contributed by atoms with van der Waals surface area (Å²) in [6, 6.07) is 187. The van der Waals surface area contributed by atoms with Crippen molar-refractivity contribution in [1.29, 1.82) is 0 Å². The highest BCUT2D eigenvalue weighted by Crippen LogP contribution is 2.48. The van der Waals surface area contributed by atoms with Gasteiger partial charge in [-0.2, -0.15) is 0 Å². The molecule has 0 saturated heterocycles. The van der Waals surface area contributed by atoms with E-state index in [1.54, 1.807) is 0 Å². The van der Waals surface area contributed by atoms with E-state index in [-0.39, 0.29) is 0 Å². The van der Waals surface area contributed by atoms with E-state index in [0.29, 0.717) is 40.8 Å². The standard InChI is InChI=1S/C46H30N4.2C45H29N5/c1-4-15-31(16-5-1)40-30-41(32-17-6-2-7-18-32)48-46(47-40)33-19-14-22-35(29-33)50-43-26-13-11-24-37(43)39-28-27-38-36-23-10-12-25-42(36)49(44(38)45(39)50)34-20-8-3-9-21-34;1-4-15-30(16-5-1)43-46-44(31-17-6-2-7-18-31)48-45(47-43)32-19-14-22-34(29-32)50-38-25-12-10-23-35(38)36-27-28-40-41(42(36)50)37-24-11-13-26-39(37)49(40)33-20-8-3-9-21-33;1-4-15-30(16-5-1)43-46-44(31-17-6-2-7-18-31)48-45(47-43)32-19-14-22-34(29-32)50-40-26-13-11-24-36(40)38-28-27-37-35-23-10-12-25-39(35)49(41(37)42(38)50)33-20-8-3-9-21-33/h1-30H;2*1-29H. The molecular weight excluding hydrogens is 1830 g/mol. The van der Waals surface area contributed by atoms with E-state index in [1.807, 2.05) is 133 Å². The van der Waals surface area contributed by atoms with Crippen molar-refractivity contribution < 1.29 is 0 Å². The number of aromatic nitrogens is 14. The molecule has 150 heavy (non-hydrogen) atoms. The molecule has 0 aliphatic rings. The molecule has 0 fully saturated rings. The number of nitrogens with zero attached hydrogens (tertiary/aromatic N) is 14. The molecule has 0 saturated carbocycles. The fourth-order valence-electron chi connectivity index (χ4n) is 22.2. The lowest BCUT2D eigenvalue weighted by atomic mass is 10.1. The number of benzene rings is 21. The van der Waals surface area contributed by atoms with Crippen molar-refractivity contribution >= 4 is 131 Å². The topological polar surface area (TPSA) is 133 Å². The van der Waals surface area contributed by atoms with Gasteiger partial charge in [0.2, 0.25) is 0 Å². The fourth-order valence-corrected chi connectivity index (χ4v) is 22.2. The molecule has 0 radical (unpaired) electrons. The molecule has 14 nitrogen and oxygen atoms in total. The van der Waals surface area contributed by atoms with Crippen LogP contribution in [0, 0.1) is 0 Å². The first-order valence-electron chi connectivity index (χ1n) is 50.5. The molecule has 21 aromatic carbocycles. The van der Waals surface area contributed by atoms with Crippen LogP contribution in [0.25, 0.3) is 267 Å². The smallest absolute Gasteiger partial charge is 0.164 e. The van der Waals surface area contributed by atoms with Crippen molar-refractivity contribution in [3.05, 3.63) is 534 Å². The summed E-state index contributed by atoms with van der Waals surface area (Å²) in [7, 11) is 0. The van der Waals surface area contributed by atoms with Crippen LogP contribution in [-0.4, -0.2) is 67.3 Å². The Bertz CT molecular complexity index is 9870. The Labute approximate surface area is 862 Å². The third kappa shape index (κ3) is 15.2. The predicted molar refractivity (Wildman–Crippen MR) is 617 cm³/mol. The van der Waals surface area contributed by atoms with Crippen LogP contribution in [0.5, 0.6) is 0 Å². The quantitative estimate of drug-likeness (QED) is 0.0991. The maximum Gasteiger partial charge on any atom is 0.164 e. The summed E-state index contributed by atoms with van der Waals surface area (Å²) in [5.74, 6) is 4.53. The number of fused-ring (bicyclic) bond motifs is 21. The second kappa shape index (κ2) is 37.0. The van der Waals surface area contributed by atoms with E-state index in [4.69, 9.17) is 39.9 Å². The maximum atomic E-state index is 5.15. The van der Waals surface area contributed by atoms with Crippen molar-refractivity contribution in [1.82, 2.24) is 67.3 Å². The number of hydrogen-bond donors (Lipinski definition) is 0. The zero-order valence-electron chi connectivity index (χ0n) is 81.1. The van der Waals surface area contributed by atoms with Crippen LogP contribution in [0.1, 0.15) is 0 Å². The molecular formula is C136H88N14. The second-order valence-corrected chi connectivity index (χ2v) is 37.6. The first kappa shape index (κ1) is 87.3. The highest BCUT2D eigenvalue weighted by molar-refractivity contribution is 6.28. The van der Waals surface area contributed by atoms with Crippen LogP contribution in [-0.2, 0) is 0 Å². The zero-order chi connectivity index (χ0) is 99.1. The molecule has 0 N–H and O–H groups in total. The van der Waals surface area contributed by atoms with Gasteiger partial charge in [-0.15, -0.1) is 0 Å². The van der Waals surface area contributed by atoms with Gasteiger partial charge in [0.05, 0.1) is 77.6 Å². The van der Waals surface area contributed by atoms with Crippen LogP contribution in [0.3, 0.4) is 0 Å². The minimum Gasteiger partial charge on any atom is -0.309 e. The van der Waals surface area contributed by atoms with E-state index in [9.17, 15) is 0 Å². The van der Waals surface area contributed by atoms with Gasteiger partial charge in [0, 0.05) is 149 Å². The highest BCUT2D eigenvalue weighted by atomic mass is 15.1. The Hall–Kier alpha value is -20.5. The lowest BCUT2D eigenvalue weighted by molar-refractivity contribution is 1.07. The molecule has 702 valence electrons. The SMILES string of the molecule is c1ccc(-c2cc(-c3ccccc3)nc(-c3cccc(-n4c5ccccc5c5ccc6c7ccccc7n(-c7ccccc7)c6c54)c3)n2)cc1.c1ccc(-c2nc(-c3ccccc3)nc(-c3cccc(-n4c5ccccc5c5ccc6c(c7ccccc7n6-c6ccccc6)c54)c3)n2)cc1.c1ccc(-c2nc(-c3ccccc3)nc(-c3cccc(-n4c5ccccc5c5ccc6c7ccccc7n(-c7ccccc7)c6c54)c3)n2)cc1. The van der Waals surface area contributed by atoms with E-state index in [1.165, 1.54) is 109 Å². The number of para-hydroxylation sites is 9. The number of hydrogen-bond acceptors (Lipinski definition) is 8. The highest BCUT2D eigenvalue weighted by Gasteiger charge is 2.28. The largest absolute Gasteiger partial charge is 0.309 e. The van der Waals surface area contributed by atoms with E-state index < -0.39 is 0 Å². The minimum atomic E-state index is 0.629. The van der Waals surface area contributed by atoms with Crippen LogP contribution in [0.2, 0.25) is 0 Å². The van der Waals surface area contributed by atoms with Crippen molar-refractivity contribution in [2.24, 2.45) is 0 Å². The lowest BCUT2D eigenvalue weighted by Gasteiger charge is -2.14. The van der Waals surface area contributed by atoms with Gasteiger partial charge in [0.15, 0.2) is 40.8 Å². The summed E-state index contributed by atoms with van der Waals surface area (Å²) in [5.41, 5.74) is 31.1. The first-order valence-corrected chi connectivity index (χ1v) is 50.5. The molecule has 9 aromatic heterocycles. The Kier molecular flexibility index (Phi) is 21.6. The van der Waals surface area contributed by atoms with E-state index in [0.717, 1.165) is 118 Å². The van der Waals surface area contributed by atoms with Crippen LogP contribution < -0.4 is 0 Å². The molecule has 14 heteroatoms. The van der Waals surface area contributed by atoms with Crippen molar-refractivity contribution in [3.8, 4) is 136 Å². The average Bonchev–Trinajstić information content (AvgIpc) is 1.55. The Balaban J connectivity index is 0.000000108. The minimum absolute atomic E-state index is 0.629. The molecule has 0 unspecified atom stereocenters. The summed E-state index contributed by atoms with van der Waals surface area (Å²) in [4.78, 5) is 40.3. The van der Waals surface area contributed by atoms with Crippen molar-refractivity contribution in [2.75, 3.05) is 0 Å². The molecule has 9 heterocycles. The normalized spacial score (nSPS) is 11.6. The van der Waals surface area contributed by atoms with Crippen LogP contribution in [0.15, 0.2) is 534 Å². The van der Waals surface area contributed by atoms with Crippen molar-refractivity contribution in [3.63, 3.8) is 0 Å². The summed E-state index contributed by atoms with van der Waals surface area (Å²) in [6.45, 7) is 0. The summed E-state index contributed by atoms with van der Waals surface area (Å²) in [5, 5.41) is 14.6. The Morgan fingerprint density at radius 1 is 0.113 bits per heavy atom. The van der Waals surface area contributed by atoms with Gasteiger partial charge in [-0.25, -0.2) is 39.9 Å². The van der Waals surface area contributed by atoms with Crippen molar-refractivity contribution in [2.45, 2.75) is 0 Å². The number of rotatable bonds is 15. The first-order chi connectivity index (χ1) is 74.4. The third-order valence-corrected chi connectivity index (χ3v) is 28.8. The van der Waals surface area contributed by atoms with Gasteiger partial charge in [-0.1, -0.05) is 413 Å². The molecule has 0 spiro atoms. The molecule has 0 bridgehead atoms. The van der Waals surface area contributed by atoms with E-state index in [2.05, 4.69) is 428 Å². The average molecular weight is 1920 g/mol. The summed E-state index contributed by atoms with van der Waals surface area (Å²) in [6.07, 6.45) is 0. The molecule has 0 amide bonds. The summed E-state index contributed by atoms with van der Waals surface area (Å²) >= 11 is 0.